The Balaban J connectivity index is 2.43. The van der Waals surface area contributed by atoms with E-state index >= 15 is 0 Å². The molecule has 1 aliphatic rings. The summed E-state index contributed by atoms with van der Waals surface area (Å²) < 4.78 is 24.3. The number of hydrogen-bond acceptors (Lipinski definition) is 7. The molecule has 0 spiro atoms. The molecule has 0 radical (unpaired) electrons. The van der Waals surface area contributed by atoms with Crippen LogP contribution in [0, 0.1) is 0 Å². The van der Waals surface area contributed by atoms with Crippen molar-refractivity contribution in [1.82, 2.24) is 9.97 Å². The number of nitrogen functional groups attached to an aromatic ring is 1. The van der Waals surface area contributed by atoms with Crippen molar-refractivity contribution in [3.8, 4) is 0 Å². The van der Waals surface area contributed by atoms with Gasteiger partial charge in [-0.2, -0.15) is 16.7 Å². The Labute approximate surface area is 118 Å². The number of rotatable bonds is 2. The van der Waals surface area contributed by atoms with E-state index in [4.69, 9.17) is 5.73 Å². The topological polar surface area (TPSA) is 89.2 Å². The van der Waals surface area contributed by atoms with E-state index in [0.29, 0.717) is 22.6 Å². The second-order valence-corrected chi connectivity index (χ2v) is 8.16. The highest BCUT2D eigenvalue weighted by Crippen LogP contribution is 2.30. The van der Waals surface area contributed by atoms with Crippen LogP contribution in [-0.2, 0) is 9.84 Å². The molecule has 2 N–H and O–H groups in total. The lowest BCUT2D eigenvalue weighted by atomic mass is 10.4. The number of halogens is 1. The van der Waals surface area contributed by atoms with Gasteiger partial charge in [-0.25, -0.2) is 13.4 Å². The zero-order valence-electron chi connectivity index (χ0n) is 9.71. The van der Waals surface area contributed by atoms with Crippen LogP contribution < -0.4 is 10.6 Å². The largest absolute Gasteiger partial charge is 0.368 e. The van der Waals surface area contributed by atoms with Gasteiger partial charge in [-0.15, -0.1) is 0 Å². The van der Waals surface area contributed by atoms with Crippen molar-refractivity contribution < 1.29 is 8.42 Å². The van der Waals surface area contributed by atoms with Crippen LogP contribution in [-0.4, -0.2) is 48.1 Å². The molecule has 1 unspecified atom stereocenters. The monoisotopic (exact) mass is 352 g/mol. The maximum Gasteiger partial charge on any atom is 0.222 e. The molecule has 1 atom stereocenters. The van der Waals surface area contributed by atoms with Crippen molar-refractivity contribution in [2.45, 2.75) is 5.37 Å². The van der Waals surface area contributed by atoms with E-state index < -0.39 is 15.2 Å². The van der Waals surface area contributed by atoms with Crippen LogP contribution in [0.3, 0.4) is 0 Å². The van der Waals surface area contributed by atoms with Crippen LogP contribution in [0.2, 0.25) is 0 Å². The van der Waals surface area contributed by atoms with Crippen LogP contribution >= 0.6 is 27.7 Å². The molecule has 100 valence electrons. The van der Waals surface area contributed by atoms with Gasteiger partial charge >= 0.3 is 0 Å². The molecule has 0 saturated carbocycles. The first-order valence-corrected chi connectivity index (χ1v) is 9.11. The van der Waals surface area contributed by atoms with Crippen molar-refractivity contribution in [1.29, 1.82) is 0 Å². The fourth-order valence-corrected chi connectivity index (χ4v) is 4.99. The average Bonchev–Trinajstić information content (AvgIpc) is 2.31. The summed E-state index contributed by atoms with van der Waals surface area (Å²) in [4.78, 5) is 9.76. The Kier molecular flexibility index (Phi) is 4.02. The zero-order chi connectivity index (χ0) is 13.3. The Morgan fingerprint density at radius 2 is 2.33 bits per heavy atom. The van der Waals surface area contributed by atoms with Crippen molar-refractivity contribution in [3.05, 3.63) is 10.7 Å². The molecule has 2 heterocycles. The summed E-state index contributed by atoms with van der Waals surface area (Å²) in [5.74, 6) is 2.08. The molecule has 1 aromatic rings. The number of nitrogens with zero attached hydrogens (tertiary/aromatic N) is 3. The molecule has 0 amide bonds. The standard InChI is InChI=1S/C9H13BrN4O2S2/c1-18(15,16)7-5-17-3-2-14(7)8-6(10)4-12-9(11)13-8/h4,7H,2-3,5H2,1H3,(H2,11,12,13). The van der Waals surface area contributed by atoms with Gasteiger partial charge < -0.3 is 10.6 Å². The molecule has 0 aliphatic carbocycles. The fraction of sp³-hybridized carbons (Fsp3) is 0.556. The quantitative estimate of drug-likeness (QED) is 0.839. The van der Waals surface area contributed by atoms with Crippen molar-refractivity contribution in [2.75, 3.05) is 34.9 Å². The molecule has 1 aromatic heterocycles. The summed E-state index contributed by atoms with van der Waals surface area (Å²) in [6.45, 7) is 0.622. The highest BCUT2D eigenvalue weighted by atomic mass is 79.9. The molecule has 1 fully saturated rings. The SMILES string of the molecule is CS(=O)(=O)C1CSCCN1c1nc(N)ncc1Br. The summed E-state index contributed by atoms with van der Waals surface area (Å²) in [6, 6.07) is 0. The highest BCUT2D eigenvalue weighted by Gasteiger charge is 2.33. The first kappa shape index (κ1) is 13.9. The van der Waals surface area contributed by atoms with Crippen LogP contribution in [0.25, 0.3) is 0 Å². The van der Waals surface area contributed by atoms with Gasteiger partial charge in [0.25, 0.3) is 0 Å². The van der Waals surface area contributed by atoms with Crippen LogP contribution in [0.1, 0.15) is 0 Å². The molecule has 6 nitrogen and oxygen atoms in total. The Morgan fingerprint density at radius 1 is 1.61 bits per heavy atom. The molecule has 9 heteroatoms. The molecule has 1 saturated heterocycles. The molecular formula is C9H13BrN4O2S2. The average molecular weight is 353 g/mol. The van der Waals surface area contributed by atoms with Gasteiger partial charge in [0.05, 0.1) is 4.47 Å². The highest BCUT2D eigenvalue weighted by molar-refractivity contribution is 9.10. The molecule has 1 aliphatic heterocycles. The van der Waals surface area contributed by atoms with Gasteiger partial charge in [0.1, 0.15) is 11.2 Å². The lowest BCUT2D eigenvalue weighted by molar-refractivity contribution is 0.583. The first-order valence-electron chi connectivity index (χ1n) is 5.21. The first-order chi connectivity index (χ1) is 8.39. The van der Waals surface area contributed by atoms with Gasteiger partial charge in [0, 0.05) is 30.5 Å². The molecule has 2 rings (SSSR count). The van der Waals surface area contributed by atoms with Crippen LogP contribution in [0.5, 0.6) is 0 Å². The van der Waals surface area contributed by atoms with E-state index in [1.807, 2.05) is 0 Å². The van der Waals surface area contributed by atoms with E-state index in [0.717, 1.165) is 5.75 Å². The molecule has 18 heavy (non-hydrogen) atoms. The van der Waals surface area contributed by atoms with Crippen LogP contribution in [0.4, 0.5) is 11.8 Å². The maximum absolute atomic E-state index is 11.8. The van der Waals surface area contributed by atoms with Gasteiger partial charge in [-0.05, 0) is 15.9 Å². The number of aromatic nitrogens is 2. The Bertz CT molecular complexity index is 551. The minimum absolute atomic E-state index is 0.138. The smallest absolute Gasteiger partial charge is 0.222 e. The summed E-state index contributed by atoms with van der Waals surface area (Å²) in [5, 5.41) is -0.568. The number of nitrogens with two attached hydrogens (primary N) is 1. The zero-order valence-corrected chi connectivity index (χ0v) is 12.9. The molecule has 0 bridgehead atoms. The summed E-state index contributed by atoms with van der Waals surface area (Å²) >= 11 is 4.96. The van der Waals surface area contributed by atoms with Crippen molar-refractivity contribution in [3.63, 3.8) is 0 Å². The van der Waals surface area contributed by atoms with Crippen molar-refractivity contribution >= 4 is 49.3 Å². The third-order valence-corrected chi connectivity index (χ3v) is 5.80. The normalized spacial score (nSPS) is 21.0. The lowest BCUT2D eigenvalue weighted by Gasteiger charge is -2.35. The van der Waals surface area contributed by atoms with Gasteiger partial charge in [0.2, 0.25) is 5.95 Å². The summed E-state index contributed by atoms with van der Waals surface area (Å²) in [7, 11) is -3.17. The number of thioether (sulfide) groups is 1. The summed E-state index contributed by atoms with van der Waals surface area (Å²) in [5.41, 5.74) is 5.56. The lowest BCUT2D eigenvalue weighted by Crippen LogP contribution is -2.47. The number of hydrogen-bond donors (Lipinski definition) is 1. The van der Waals surface area contributed by atoms with E-state index in [1.165, 1.54) is 6.26 Å². The fourth-order valence-electron chi connectivity index (χ4n) is 1.75. The Hall–Kier alpha value is -0.540. The third kappa shape index (κ3) is 2.89. The number of sulfone groups is 1. The van der Waals surface area contributed by atoms with Gasteiger partial charge in [-0.1, -0.05) is 0 Å². The Morgan fingerprint density at radius 3 is 3.00 bits per heavy atom. The minimum Gasteiger partial charge on any atom is -0.368 e. The second-order valence-electron chi connectivity index (χ2n) is 3.95. The van der Waals surface area contributed by atoms with Crippen molar-refractivity contribution in [2.24, 2.45) is 0 Å². The third-order valence-electron chi connectivity index (χ3n) is 2.60. The predicted octanol–water partition coefficient (Wildman–Crippen LogP) is 0.745. The second kappa shape index (κ2) is 5.22. The van der Waals surface area contributed by atoms with E-state index in [-0.39, 0.29) is 5.95 Å². The van der Waals surface area contributed by atoms with E-state index in [2.05, 4.69) is 25.9 Å². The van der Waals surface area contributed by atoms with Gasteiger partial charge in [-0.3, -0.25) is 0 Å². The van der Waals surface area contributed by atoms with Gasteiger partial charge in [0.15, 0.2) is 9.84 Å². The molecular weight excluding hydrogens is 340 g/mol. The van der Waals surface area contributed by atoms with E-state index in [1.54, 1.807) is 22.9 Å². The van der Waals surface area contributed by atoms with Crippen LogP contribution in [0.15, 0.2) is 10.7 Å². The number of anilines is 2. The predicted molar refractivity (Wildman–Crippen MR) is 77.4 cm³/mol. The van der Waals surface area contributed by atoms with E-state index in [9.17, 15) is 8.42 Å². The maximum atomic E-state index is 11.8. The summed E-state index contributed by atoms with van der Waals surface area (Å²) in [6.07, 6.45) is 2.79. The minimum atomic E-state index is -3.17. The molecule has 0 aromatic carbocycles.